The van der Waals surface area contributed by atoms with E-state index in [1.54, 1.807) is 0 Å². The molecule has 7 rings (SSSR count). The molecule has 308 valence electrons. The zero-order valence-corrected chi connectivity index (χ0v) is 36.2. The normalized spacial score (nSPS) is 20.8. The highest BCUT2D eigenvalue weighted by atomic mass is 79.9. The van der Waals surface area contributed by atoms with Crippen molar-refractivity contribution in [2.75, 3.05) is 43.1 Å². The Hall–Kier alpha value is -3.63. The van der Waals surface area contributed by atoms with Crippen molar-refractivity contribution in [3.05, 3.63) is 81.0 Å². The number of hydrogen-bond donors (Lipinski definition) is 2. The zero-order chi connectivity index (χ0) is 40.8. The molecule has 1 aliphatic carbocycles. The minimum absolute atomic E-state index is 0.153. The van der Waals surface area contributed by atoms with E-state index in [1.807, 2.05) is 12.1 Å². The van der Waals surface area contributed by atoms with Crippen LogP contribution in [-0.2, 0) is 31.1 Å². The van der Waals surface area contributed by atoms with Gasteiger partial charge in [-0.15, -0.1) is 0 Å². The molecule has 2 aromatic rings. The SMILES string of the molecule is CCC1(CC)C(=CC=C2CCCC(C=CC3=[N+](CCCS(=O)(=O)O)c4cc5c(cc4C3(CC)CC)OCO5)=C2Br)N(CCCS(=O)(=O)O)c2cc3c(cc21)OCO3. The molecule has 0 unspecified atom stereocenters. The molecule has 0 amide bonds. The third-order valence-corrected chi connectivity index (χ3v) is 15.1. The molecule has 2 aromatic carbocycles. The summed E-state index contributed by atoms with van der Waals surface area (Å²) in [5.74, 6) is 2.04. The van der Waals surface area contributed by atoms with E-state index in [4.69, 9.17) is 18.9 Å². The van der Waals surface area contributed by atoms with E-state index in [2.05, 4.69) is 89.5 Å². The molecule has 0 saturated carbocycles. The van der Waals surface area contributed by atoms with Gasteiger partial charge in [-0.1, -0.05) is 55.8 Å². The van der Waals surface area contributed by atoms with Gasteiger partial charge in [-0.05, 0) is 86.3 Å². The maximum Gasteiger partial charge on any atom is 0.265 e. The number of hydrogen-bond acceptors (Lipinski definition) is 9. The number of anilines is 1. The van der Waals surface area contributed by atoms with Gasteiger partial charge in [0.1, 0.15) is 6.54 Å². The zero-order valence-electron chi connectivity index (χ0n) is 33.0. The average molecular weight is 889 g/mol. The first-order valence-corrected chi connectivity index (χ1v) is 23.9. The van der Waals surface area contributed by atoms with Crippen molar-refractivity contribution in [1.29, 1.82) is 0 Å². The summed E-state index contributed by atoms with van der Waals surface area (Å²) in [7, 11) is -8.26. The van der Waals surface area contributed by atoms with Gasteiger partial charge >= 0.3 is 0 Å². The predicted molar refractivity (Wildman–Crippen MR) is 224 cm³/mol. The minimum atomic E-state index is -4.13. The number of halogens is 1. The molecule has 57 heavy (non-hydrogen) atoms. The fourth-order valence-corrected chi connectivity index (χ4v) is 11.1. The Morgan fingerprint density at radius 3 is 1.95 bits per heavy atom. The molecule has 0 saturated heterocycles. The van der Waals surface area contributed by atoms with Crippen LogP contribution in [0.1, 0.15) is 96.6 Å². The number of benzene rings is 2. The summed E-state index contributed by atoms with van der Waals surface area (Å²) >= 11 is 3.99. The summed E-state index contributed by atoms with van der Waals surface area (Å²) in [6.45, 7) is 9.79. The van der Waals surface area contributed by atoms with Gasteiger partial charge < -0.3 is 23.8 Å². The van der Waals surface area contributed by atoms with Gasteiger partial charge in [-0.25, -0.2) is 0 Å². The maximum absolute atomic E-state index is 11.7. The van der Waals surface area contributed by atoms with Crippen LogP contribution in [0.4, 0.5) is 11.4 Å². The second-order valence-electron chi connectivity index (χ2n) is 15.3. The summed E-state index contributed by atoms with van der Waals surface area (Å²) in [4.78, 5) is 2.18. The van der Waals surface area contributed by atoms with Crippen LogP contribution in [0.25, 0.3) is 0 Å². The lowest BCUT2D eigenvalue weighted by Crippen LogP contribution is -2.33. The van der Waals surface area contributed by atoms with E-state index < -0.39 is 20.2 Å². The molecular weight excluding hydrogens is 837 g/mol. The number of fused-ring (bicyclic) bond motifs is 4. The third-order valence-electron chi connectivity index (χ3n) is 12.5. The van der Waals surface area contributed by atoms with E-state index in [9.17, 15) is 25.9 Å². The van der Waals surface area contributed by atoms with Crippen molar-refractivity contribution in [2.45, 2.75) is 96.3 Å². The maximum atomic E-state index is 11.7. The lowest BCUT2D eigenvalue weighted by molar-refractivity contribution is -0.437. The fraction of sp³-hybridized carbons (Fsp3) is 0.500. The van der Waals surface area contributed by atoms with Crippen molar-refractivity contribution in [2.24, 2.45) is 0 Å². The van der Waals surface area contributed by atoms with Crippen LogP contribution in [0.15, 0.2) is 69.9 Å². The molecular formula is C42H52BrN2O10S2+. The molecule has 0 radical (unpaired) electrons. The van der Waals surface area contributed by atoms with Crippen molar-refractivity contribution in [3.63, 3.8) is 0 Å². The van der Waals surface area contributed by atoms with E-state index in [-0.39, 0.29) is 48.8 Å². The molecule has 15 heteroatoms. The minimum Gasteiger partial charge on any atom is -0.454 e. The molecule has 4 heterocycles. The Balaban J connectivity index is 1.28. The van der Waals surface area contributed by atoms with Crippen molar-refractivity contribution < 1.29 is 49.5 Å². The molecule has 4 aliphatic heterocycles. The Morgan fingerprint density at radius 2 is 1.33 bits per heavy atom. The summed E-state index contributed by atoms with van der Waals surface area (Å²) in [6.07, 6.45) is 15.1. The van der Waals surface area contributed by atoms with Crippen LogP contribution in [0.5, 0.6) is 23.0 Å². The first-order chi connectivity index (χ1) is 27.2. The highest BCUT2D eigenvalue weighted by molar-refractivity contribution is 9.12. The number of allylic oxidation sites excluding steroid dienone is 8. The lowest BCUT2D eigenvalue weighted by Gasteiger charge is -2.32. The molecule has 2 N–H and O–H groups in total. The Morgan fingerprint density at radius 1 is 0.754 bits per heavy atom. The first kappa shape index (κ1) is 41.5. The average Bonchev–Trinajstić information content (AvgIpc) is 3.94. The van der Waals surface area contributed by atoms with Crippen LogP contribution in [0, 0.1) is 0 Å². The van der Waals surface area contributed by atoms with Gasteiger partial charge in [0, 0.05) is 52.0 Å². The number of ether oxygens (including phenoxy) is 4. The largest absolute Gasteiger partial charge is 0.454 e. The van der Waals surface area contributed by atoms with E-state index in [1.165, 1.54) is 0 Å². The van der Waals surface area contributed by atoms with Crippen LogP contribution < -0.4 is 23.8 Å². The molecule has 0 bridgehead atoms. The molecule has 0 spiro atoms. The summed E-state index contributed by atoms with van der Waals surface area (Å²) in [5.41, 5.74) is 7.85. The molecule has 0 aromatic heterocycles. The van der Waals surface area contributed by atoms with Crippen LogP contribution in [0.2, 0.25) is 0 Å². The molecule has 5 aliphatic rings. The summed E-state index contributed by atoms with van der Waals surface area (Å²) in [6, 6.07) is 8.12. The second-order valence-corrected chi connectivity index (χ2v) is 19.2. The smallest absolute Gasteiger partial charge is 0.265 e. The molecule has 0 atom stereocenters. The lowest BCUT2D eigenvalue weighted by atomic mass is 9.73. The summed E-state index contributed by atoms with van der Waals surface area (Å²) in [5, 5.41) is 0. The second kappa shape index (κ2) is 16.2. The van der Waals surface area contributed by atoms with Crippen molar-refractivity contribution >= 4 is 53.3 Å². The van der Waals surface area contributed by atoms with E-state index in [0.717, 1.165) is 94.5 Å². The van der Waals surface area contributed by atoms with E-state index in [0.29, 0.717) is 36.1 Å². The first-order valence-electron chi connectivity index (χ1n) is 19.9. The van der Waals surface area contributed by atoms with Gasteiger partial charge in [-0.3, -0.25) is 9.11 Å². The van der Waals surface area contributed by atoms with Gasteiger partial charge in [-0.2, -0.15) is 21.4 Å². The quantitative estimate of drug-likeness (QED) is 0.131. The van der Waals surface area contributed by atoms with Crippen LogP contribution in [-0.4, -0.2) is 74.4 Å². The predicted octanol–water partition coefficient (Wildman–Crippen LogP) is 8.63. The fourth-order valence-electron chi connectivity index (χ4n) is 9.47. The van der Waals surface area contributed by atoms with Crippen LogP contribution in [0.3, 0.4) is 0 Å². The molecule has 0 fully saturated rings. The van der Waals surface area contributed by atoms with Gasteiger partial charge in [0.25, 0.3) is 20.2 Å². The van der Waals surface area contributed by atoms with Gasteiger partial charge in [0.15, 0.2) is 28.7 Å². The van der Waals surface area contributed by atoms with Gasteiger partial charge in [0.05, 0.1) is 23.0 Å². The number of nitrogens with zero attached hydrogens (tertiary/aromatic N) is 2. The Bertz CT molecular complexity index is 2320. The Kier molecular flexibility index (Phi) is 11.8. The van der Waals surface area contributed by atoms with Crippen molar-refractivity contribution in [3.8, 4) is 23.0 Å². The monoisotopic (exact) mass is 887 g/mol. The standard InChI is InChI=1S/C42H51BrN2O10S2/c1-5-41(6-2)30-22-34-36(54-26-52-34)24-32(30)44(18-10-20-56(46,47)48)38(41)16-14-28-12-9-13-29(40(28)43)15-17-39-42(7-3,8-4)31-23-35-37(55-27-53-35)25-33(31)45(39)19-11-21-57(49,50)51/h14-17,22-25H,5-13,18-21,26-27H2,1-4H3,(H-,46,47,48,49,50,51)/p+1. The highest BCUT2D eigenvalue weighted by Crippen LogP contribution is 2.56. The highest BCUT2D eigenvalue weighted by Gasteiger charge is 2.50. The van der Waals surface area contributed by atoms with Gasteiger partial charge in [0.2, 0.25) is 19.3 Å². The molecule has 12 nitrogen and oxygen atoms in total. The van der Waals surface area contributed by atoms with E-state index >= 15 is 0 Å². The third kappa shape index (κ3) is 7.82. The van der Waals surface area contributed by atoms with Crippen molar-refractivity contribution in [1.82, 2.24) is 0 Å². The van der Waals surface area contributed by atoms with Crippen LogP contribution >= 0.6 is 15.9 Å². The summed E-state index contributed by atoms with van der Waals surface area (Å²) < 4.78 is 92.4. The Labute approximate surface area is 344 Å². The topological polar surface area (TPSA) is 152 Å². The number of rotatable bonds is 15.